The van der Waals surface area contributed by atoms with Gasteiger partial charge in [-0.3, -0.25) is 9.78 Å². The van der Waals surface area contributed by atoms with Gasteiger partial charge in [0.2, 0.25) is 5.91 Å². The number of halogens is 2. The van der Waals surface area contributed by atoms with Crippen molar-refractivity contribution in [2.45, 2.75) is 38.6 Å². The van der Waals surface area contributed by atoms with E-state index < -0.39 is 0 Å². The van der Waals surface area contributed by atoms with E-state index in [0.717, 1.165) is 41.6 Å². The highest BCUT2D eigenvalue weighted by molar-refractivity contribution is 6.35. The number of carbonyl (C=O) groups excluding carboxylic acids is 1. The Hall–Kier alpha value is -1.58. The first kappa shape index (κ1) is 16.3. The van der Waals surface area contributed by atoms with E-state index in [1.807, 2.05) is 25.1 Å². The SMILES string of the molecule is Cc1cc(Cl)cc(Cl)c1CNC(=O)[C@H]1CCCc2ncccc21. The zero-order valence-electron chi connectivity index (χ0n) is 12.9. The average molecular weight is 349 g/mol. The fraction of sp³-hybridized carbons (Fsp3) is 0.333. The lowest BCUT2D eigenvalue weighted by Gasteiger charge is -2.24. The molecular formula is C18H18Cl2N2O. The van der Waals surface area contributed by atoms with Crippen molar-refractivity contribution in [3.05, 3.63) is 62.9 Å². The molecule has 1 heterocycles. The molecule has 0 unspecified atom stereocenters. The Morgan fingerprint density at radius 2 is 2.22 bits per heavy atom. The van der Waals surface area contributed by atoms with Crippen molar-refractivity contribution in [3.63, 3.8) is 0 Å². The maximum absolute atomic E-state index is 12.6. The fourth-order valence-corrected chi connectivity index (χ4v) is 3.79. The van der Waals surface area contributed by atoms with E-state index >= 15 is 0 Å². The Labute approximate surface area is 146 Å². The summed E-state index contributed by atoms with van der Waals surface area (Å²) in [6.07, 6.45) is 4.58. The second-order valence-electron chi connectivity index (χ2n) is 5.89. The molecule has 2 aromatic rings. The first-order valence-electron chi connectivity index (χ1n) is 7.72. The van der Waals surface area contributed by atoms with Crippen molar-refractivity contribution < 1.29 is 4.79 Å². The van der Waals surface area contributed by atoms with Gasteiger partial charge in [-0.1, -0.05) is 29.3 Å². The zero-order chi connectivity index (χ0) is 16.4. The van der Waals surface area contributed by atoms with E-state index in [9.17, 15) is 4.79 Å². The smallest absolute Gasteiger partial charge is 0.227 e. The van der Waals surface area contributed by atoms with Crippen molar-refractivity contribution in [2.75, 3.05) is 0 Å². The molecule has 120 valence electrons. The minimum Gasteiger partial charge on any atom is -0.351 e. The average Bonchev–Trinajstić information content (AvgIpc) is 2.53. The van der Waals surface area contributed by atoms with Crippen LogP contribution in [0.5, 0.6) is 0 Å². The normalized spacial score (nSPS) is 16.7. The van der Waals surface area contributed by atoms with Gasteiger partial charge in [-0.05, 0) is 61.1 Å². The maximum atomic E-state index is 12.6. The molecule has 1 aromatic carbocycles. The molecule has 3 nitrogen and oxygen atoms in total. The molecule has 0 aliphatic heterocycles. The van der Waals surface area contributed by atoms with Gasteiger partial charge in [0, 0.05) is 28.5 Å². The third-order valence-corrected chi connectivity index (χ3v) is 4.90. The highest BCUT2D eigenvalue weighted by Gasteiger charge is 2.26. The van der Waals surface area contributed by atoms with Crippen molar-refractivity contribution in [1.29, 1.82) is 0 Å². The molecule has 1 aliphatic rings. The van der Waals surface area contributed by atoms with Crippen LogP contribution in [-0.2, 0) is 17.8 Å². The van der Waals surface area contributed by atoms with E-state index in [0.29, 0.717) is 16.6 Å². The van der Waals surface area contributed by atoms with Gasteiger partial charge in [-0.2, -0.15) is 0 Å². The maximum Gasteiger partial charge on any atom is 0.227 e. The summed E-state index contributed by atoms with van der Waals surface area (Å²) in [7, 11) is 0. The van der Waals surface area contributed by atoms with Gasteiger partial charge in [-0.15, -0.1) is 0 Å². The van der Waals surface area contributed by atoms with Gasteiger partial charge in [0.1, 0.15) is 0 Å². The molecule has 1 N–H and O–H groups in total. The fourth-order valence-electron chi connectivity index (χ4n) is 3.13. The molecule has 23 heavy (non-hydrogen) atoms. The van der Waals surface area contributed by atoms with Crippen LogP contribution in [0.4, 0.5) is 0 Å². The third kappa shape index (κ3) is 3.51. The number of hydrogen-bond donors (Lipinski definition) is 1. The molecule has 0 radical (unpaired) electrons. The second-order valence-corrected chi connectivity index (χ2v) is 6.73. The molecule has 0 bridgehead atoms. The lowest BCUT2D eigenvalue weighted by molar-refractivity contribution is -0.123. The van der Waals surface area contributed by atoms with Crippen LogP contribution in [0.3, 0.4) is 0 Å². The Bertz CT molecular complexity index is 723. The van der Waals surface area contributed by atoms with Gasteiger partial charge >= 0.3 is 0 Å². The van der Waals surface area contributed by atoms with Crippen LogP contribution in [-0.4, -0.2) is 10.9 Å². The van der Waals surface area contributed by atoms with Gasteiger partial charge in [0.05, 0.1) is 5.92 Å². The van der Waals surface area contributed by atoms with Crippen LogP contribution in [0.25, 0.3) is 0 Å². The van der Waals surface area contributed by atoms with E-state index in [-0.39, 0.29) is 11.8 Å². The second kappa shape index (κ2) is 6.90. The van der Waals surface area contributed by atoms with Crippen molar-refractivity contribution in [2.24, 2.45) is 0 Å². The van der Waals surface area contributed by atoms with E-state index in [4.69, 9.17) is 23.2 Å². The summed E-state index contributed by atoms with van der Waals surface area (Å²) < 4.78 is 0. The monoisotopic (exact) mass is 348 g/mol. The Morgan fingerprint density at radius 3 is 3.00 bits per heavy atom. The molecular weight excluding hydrogens is 331 g/mol. The van der Waals surface area contributed by atoms with Gasteiger partial charge in [0.15, 0.2) is 0 Å². The highest BCUT2D eigenvalue weighted by atomic mass is 35.5. The van der Waals surface area contributed by atoms with Gasteiger partial charge in [0.25, 0.3) is 0 Å². The number of fused-ring (bicyclic) bond motifs is 1. The summed E-state index contributed by atoms with van der Waals surface area (Å²) in [5, 5.41) is 4.21. The van der Waals surface area contributed by atoms with Gasteiger partial charge in [-0.25, -0.2) is 0 Å². The van der Waals surface area contributed by atoms with E-state index in [2.05, 4.69) is 10.3 Å². The summed E-state index contributed by atoms with van der Waals surface area (Å²) in [6, 6.07) is 7.46. The van der Waals surface area contributed by atoms with E-state index in [1.165, 1.54) is 0 Å². The predicted molar refractivity (Wildman–Crippen MR) is 93.0 cm³/mol. The molecule has 3 rings (SSSR count). The highest BCUT2D eigenvalue weighted by Crippen LogP contribution is 2.31. The number of rotatable bonds is 3. The summed E-state index contributed by atoms with van der Waals surface area (Å²) in [4.78, 5) is 17.0. The predicted octanol–water partition coefficient (Wildman–Crippen LogP) is 4.43. The van der Waals surface area contributed by atoms with E-state index in [1.54, 1.807) is 12.3 Å². The number of aromatic nitrogens is 1. The third-order valence-electron chi connectivity index (χ3n) is 4.35. The topological polar surface area (TPSA) is 42.0 Å². The summed E-state index contributed by atoms with van der Waals surface area (Å²) >= 11 is 12.2. The van der Waals surface area contributed by atoms with Gasteiger partial charge < -0.3 is 5.32 Å². The molecule has 5 heteroatoms. The molecule has 1 amide bonds. The van der Waals surface area contributed by atoms with Crippen LogP contribution < -0.4 is 5.32 Å². The number of aryl methyl sites for hydroxylation is 2. The van der Waals surface area contributed by atoms with Crippen LogP contribution in [0.15, 0.2) is 30.5 Å². The number of pyridine rings is 1. The minimum absolute atomic E-state index is 0.0318. The Morgan fingerprint density at radius 1 is 1.39 bits per heavy atom. The Balaban J connectivity index is 1.74. The lowest BCUT2D eigenvalue weighted by Crippen LogP contribution is -2.31. The summed E-state index contributed by atoms with van der Waals surface area (Å²) in [5.74, 6) is -0.0943. The molecule has 1 aliphatic carbocycles. The van der Waals surface area contributed by atoms with Crippen LogP contribution in [0, 0.1) is 6.92 Å². The van der Waals surface area contributed by atoms with Crippen molar-refractivity contribution in [3.8, 4) is 0 Å². The minimum atomic E-state index is -0.126. The number of carbonyl (C=O) groups is 1. The quantitative estimate of drug-likeness (QED) is 0.891. The number of nitrogens with zero attached hydrogens (tertiary/aromatic N) is 1. The van der Waals surface area contributed by atoms with Crippen molar-refractivity contribution >= 4 is 29.1 Å². The molecule has 0 spiro atoms. The Kier molecular flexibility index (Phi) is 4.88. The number of hydrogen-bond acceptors (Lipinski definition) is 2. The lowest BCUT2D eigenvalue weighted by atomic mass is 9.85. The molecule has 0 saturated carbocycles. The first-order chi connectivity index (χ1) is 11.1. The molecule has 0 saturated heterocycles. The summed E-state index contributed by atoms with van der Waals surface area (Å²) in [6.45, 7) is 2.35. The standard InChI is InChI=1S/C18H18Cl2N2O/c1-11-8-12(19)9-16(20)15(11)10-22-18(23)14-4-2-6-17-13(14)5-3-7-21-17/h3,5,7-9,14H,2,4,6,10H2,1H3,(H,22,23)/t14-/m0/s1. The van der Waals surface area contributed by atoms with Crippen LogP contribution in [0.1, 0.15) is 41.1 Å². The molecule has 1 aromatic heterocycles. The molecule has 1 atom stereocenters. The number of benzene rings is 1. The number of nitrogens with one attached hydrogen (secondary N) is 1. The molecule has 0 fully saturated rings. The van der Waals surface area contributed by atoms with Crippen molar-refractivity contribution in [1.82, 2.24) is 10.3 Å². The van der Waals surface area contributed by atoms with Crippen LogP contribution in [0.2, 0.25) is 10.0 Å². The number of amides is 1. The zero-order valence-corrected chi connectivity index (χ0v) is 14.4. The first-order valence-corrected chi connectivity index (χ1v) is 8.48. The van der Waals surface area contributed by atoms with Crippen LogP contribution >= 0.6 is 23.2 Å². The largest absolute Gasteiger partial charge is 0.351 e. The summed E-state index contributed by atoms with van der Waals surface area (Å²) in [5.41, 5.74) is 3.98.